The van der Waals surface area contributed by atoms with Crippen molar-refractivity contribution in [2.75, 3.05) is 12.4 Å². The minimum Gasteiger partial charge on any atom is -0.497 e. The number of ether oxygens (including phenoxy) is 1. The van der Waals surface area contributed by atoms with Gasteiger partial charge in [0.1, 0.15) is 17.9 Å². The Balaban J connectivity index is 1.44. The molecular weight excluding hydrogens is 420 g/mol. The fraction of sp³-hybridized carbons (Fsp3) is 0.250. The van der Waals surface area contributed by atoms with Crippen LogP contribution >= 0.6 is 0 Å². The summed E-state index contributed by atoms with van der Waals surface area (Å²) in [7, 11) is 1.61. The van der Waals surface area contributed by atoms with E-state index in [1.807, 2.05) is 49.5 Å². The fourth-order valence-electron chi connectivity index (χ4n) is 3.55. The number of amides is 1. The molecular formula is C24H26N6O3. The summed E-state index contributed by atoms with van der Waals surface area (Å²) in [6.45, 7) is 3.90. The van der Waals surface area contributed by atoms with E-state index < -0.39 is 0 Å². The first-order valence-electron chi connectivity index (χ1n) is 10.6. The van der Waals surface area contributed by atoms with Crippen LogP contribution in [0.5, 0.6) is 5.75 Å². The summed E-state index contributed by atoms with van der Waals surface area (Å²) in [6, 6.07) is 11.3. The van der Waals surface area contributed by atoms with Crippen molar-refractivity contribution in [1.82, 2.24) is 24.8 Å². The first kappa shape index (κ1) is 22.1. The Kier molecular flexibility index (Phi) is 6.39. The van der Waals surface area contributed by atoms with Crippen LogP contribution in [-0.2, 0) is 17.9 Å². The molecule has 9 nitrogen and oxygen atoms in total. The number of aromatic nitrogens is 4. The summed E-state index contributed by atoms with van der Waals surface area (Å²) < 4.78 is 6.68. The van der Waals surface area contributed by atoms with Crippen molar-refractivity contribution in [3.63, 3.8) is 0 Å². The molecule has 4 rings (SSSR count). The third-order valence-electron chi connectivity index (χ3n) is 5.45. The van der Waals surface area contributed by atoms with E-state index in [-0.39, 0.29) is 29.9 Å². The van der Waals surface area contributed by atoms with Gasteiger partial charge in [-0.2, -0.15) is 0 Å². The van der Waals surface area contributed by atoms with Crippen LogP contribution < -0.4 is 20.9 Å². The van der Waals surface area contributed by atoms with E-state index in [4.69, 9.17) is 4.74 Å². The Labute approximate surface area is 190 Å². The fourth-order valence-corrected chi connectivity index (χ4v) is 3.55. The Morgan fingerprint density at radius 2 is 2.06 bits per heavy atom. The van der Waals surface area contributed by atoms with Crippen LogP contribution in [0.1, 0.15) is 29.8 Å². The number of aryl methyl sites for hydroxylation is 1. The number of anilines is 1. The zero-order chi connectivity index (χ0) is 23.4. The van der Waals surface area contributed by atoms with E-state index in [1.54, 1.807) is 26.4 Å². The number of nitrogens with one attached hydrogen (secondary N) is 3. The van der Waals surface area contributed by atoms with Crippen molar-refractivity contribution in [3.05, 3.63) is 82.2 Å². The lowest BCUT2D eigenvalue weighted by atomic mass is 10.1. The molecule has 0 radical (unpaired) electrons. The maximum atomic E-state index is 13.0. The number of carbonyl (C=O) groups is 1. The molecule has 0 aliphatic carbocycles. The number of hydrogen-bond acceptors (Lipinski definition) is 6. The van der Waals surface area contributed by atoms with Gasteiger partial charge in [0, 0.05) is 36.2 Å². The lowest BCUT2D eigenvalue weighted by Crippen LogP contribution is -2.34. The summed E-state index contributed by atoms with van der Waals surface area (Å²) in [4.78, 5) is 37.2. The maximum Gasteiger partial charge on any atom is 0.293 e. The number of benzene rings is 1. The lowest BCUT2D eigenvalue weighted by Gasteiger charge is -2.17. The minimum atomic E-state index is -0.352. The molecule has 1 amide bonds. The van der Waals surface area contributed by atoms with Crippen LogP contribution in [0.15, 0.2) is 59.8 Å². The quantitative estimate of drug-likeness (QED) is 0.384. The highest BCUT2D eigenvalue weighted by atomic mass is 16.5. The van der Waals surface area contributed by atoms with Gasteiger partial charge in [-0.15, -0.1) is 0 Å². The van der Waals surface area contributed by atoms with Crippen LogP contribution in [0.3, 0.4) is 0 Å². The van der Waals surface area contributed by atoms with Gasteiger partial charge >= 0.3 is 0 Å². The Morgan fingerprint density at radius 3 is 2.88 bits per heavy atom. The van der Waals surface area contributed by atoms with Crippen LogP contribution in [0, 0.1) is 6.92 Å². The van der Waals surface area contributed by atoms with Crippen LogP contribution in [-0.4, -0.2) is 32.5 Å². The number of nitrogens with zero attached hydrogens (tertiary/aromatic N) is 3. The van der Waals surface area contributed by atoms with E-state index in [0.717, 1.165) is 27.9 Å². The second-order valence-corrected chi connectivity index (χ2v) is 7.82. The van der Waals surface area contributed by atoms with Gasteiger partial charge in [-0.05, 0) is 49.2 Å². The second-order valence-electron chi connectivity index (χ2n) is 7.82. The van der Waals surface area contributed by atoms with Crippen molar-refractivity contribution in [3.8, 4) is 5.75 Å². The molecule has 0 saturated heterocycles. The minimum absolute atomic E-state index is 0.102. The van der Waals surface area contributed by atoms with E-state index in [9.17, 15) is 9.59 Å². The summed E-state index contributed by atoms with van der Waals surface area (Å²) in [5, 5.41) is 6.98. The van der Waals surface area contributed by atoms with Crippen molar-refractivity contribution >= 4 is 22.8 Å². The number of pyridine rings is 1. The molecule has 3 heterocycles. The lowest BCUT2D eigenvalue weighted by molar-refractivity contribution is -0.121. The van der Waals surface area contributed by atoms with Gasteiger partial charge in [0.25, 0.3) is 5.56 Å². The van der Waals surface area contributed by atoms with Crippen LogP contribution in [0.25, 0.3) is 11.0 Å². The molecule has 0 fully saturated rings. The second kappa shape index (κ2) is 9.56. The van der Waals surface area contributed by atoms with Crippen molar-refractivity contribution in [1.29, 1.82) is 0 Å². The van der Waals surface area contributed by atoms with E-state index in [2.05, 4.69) is 25.6 Å². The number of carbonyl (C=O) groups excluding carboxylic acids is 1. The molecule has 0 saturated carbocycles. The molecule has 0 aliphatic rings. The number of methoxy groups -OCH3 is 1. The number of fused-ring (bicyclic) bond motifs is 1. The molecule has 4 aromatic rings. The van der Waals surface area contributed by atoms with E-state index in [0.29, 0.717) is 12.2 Å². The molecule has 0 spiro atoms. The van der Waals surface area contributed by atoms with Gasteiger partial charge in [-0.25, -0.2) is 9.97 Å². The standard InChI is InChI=1S/C24H26N6O3/c1-15-11-27-23(29-16(2)18-5-4-6-20(10-18)33-3)24(32)30(15)14-21(31)26-12-17-9-19-7-8-25-22(19)28-13-17/h4-11,13,16H,12,14H2,1-3H3,(H,25,28)(H,26,31)(H,27,29)/t16-/m1/s1. The Bertz CT molecular complexity index is 1340. The normalized spacial score (nSPS) is 11.8. The highest BCUT2D eigenvalue weighted by Gasteiger charge is 2.15. The summed E-state index contributed by atoms with van der Waals surface area (Å²) >= 11 is 0. The highest BCUT2D eigenvalue weighted by Crippen LogP contribution is 2.21. The molecule has 0 aliphatic heterocycles. The molecule has 1 aromatic carbocycles. The largest absolute Gasteiger partial charge is 0.497 e. The average molecular weight is 447 g/mol. The van der Waals surface area contributed by atoms with Gasteiger partial charge in [0.2, 0.25) is 5.91 Å². The SMILES string of the molecule is COc1cccc([C@@H](C)Nc2ncc(C)n(CC(=O)NCc3cnc4[nH]ccc4c3)c2=O)c1. The predicted octanol–water partition coefficient (Wildman–Crippen LogP) is 2.93. The average Bonchev–Trinajstić information content (AvgIpc) is 3.30. The van der Waals surface area contributed by atoms with Crippen LogP contribution in [0.2, 0.25) is 0 Å². The van der Waals surface area contributed by atoms with Gasteiger partial charge in [-0.3, -0.25) is 14.2 Å². The Hall–Kier alpha value is -4.14. The van der Waals surface area contributed by atoms with Gasteiger partial charge in [-0.1, -0.05) is 12.1 Å². The number of aromatic amines is 1. The first-order chi connectivity index (χ1) is 15.9. The first-order valence-corrected chi connectivity index (χ1v) is 10.6. The van der Waals surface area contributed by atoms with E-state index >= 15 is 0 Å². The number of H-pyrrole nitrogens is 1. The zero-order valence-corrected chi connectivity index (χ0v) is 18.8. The van der Waals surface area contributed by atoms with E-state index in [1.165, 1.54) is 4.57 Å². The summed E-state index contributed by atoms with van der Waals surface area (Å²) in [5.41, 5.74) is 2.88. The molecule has 0 unspecified atom stereocenters. The van der Waals surface area contributed by atoms with Crippen LogP contribution in [0.4, 0.5) is 5.82 Å². The monoisotopic (exact) mass is 446 g/mol. The zero-order valence-electron chi connectivity index (χ0n) is 18.8. The summed E-state index contributed by atoms with van der Waals surface area (Å²) in [5.74, 6) is 0.649. The molecule has 3 aromatic heterocycles. The number of hydrogen-bond donors (Lipinski definition) is 3. The highest BCUT2D eigenvalue weighted by molar-refractivity contribution is 5.77. The molecule has 9 heteroatoms. The third-order valence-corrected chi connectivity index (χ3v) is 5.45. The van der Waals surface area contributed by atoms with Gasteiger partial charge in [0.15, 0.2) is 5.82 Å². The van der Waals surface area contributed by atoms with Crippen molar-refractivity contribution < 1.29 is 9.53 Å². The van der Waals surface area contributed by atoms with Crippen molar-refractivity contribution in [2.45, 2.75) is 33.0 Å². The molecule has 3 N–H and O–H groups in total. The van der Waals surface area contributed by atoms with Gasteiger partial charge < -0.3 is 20.4 Å². The summed E-state index contributed by atoms with van der Waals surface area (Å²) in [6.07, 6.45) is 5.11. The van der Waals surface area contributed by atoms with Gasteiger partial charge in [0.05, 0.1) is 13.2 Å². The molecule has 170 valence electrons. The Morgan fingerprint density at radius 1 is 1.21 bits per heavy atom. The predicted molar refractivity (Wildman–Crippen MR) is 126 cm³/mol. The number of rotatable bonds is 8. The smallest absolute Gasteiger partial charge is 0.293 e. The maximum absolute atomic E-state index is 13.0. The molecule has 33 heavy (non-hydrogen) atoms. The third kappa shape index (κ3) is 5.03. The molecule has 0 bridgehead atoms. The topological polar surface area (TPSA) is 114 Å². The van der Waals surface area contributed by atoms with Crippen molar-refractivity contribution in [2.24, 2.45) is 0 Å². The molecule has 1 atom stereocenters.